The highest BCUT2D eigenvalue weighted by Crippen LogP contribution is 2.31. The summed E-state index contributed by atoms with van der Waals surface area (Å²) in [5, 5.41) is 22.1. The van der Waals surface area contributed by atoms with Crippen molar-refractivity contribution in [3.63, 3.8) is 0 Å². The first-order chi connectivity index (χ1) is 9.08. The first-order valence-electron chi connectivity index (χ1n) is 6.80. The molecule has 4 heteroatoms. The molecule has 1 saturated carbocycles. The minimum atomic E-state index is -0.678. The number of benzene rings is 1. The van der Waals surface area contributed by atoms with Gasteiger partial charge in [-0.25, -0.2) is 0 Å². The fraction of sp³-hybridized carbons (Fsp3) is 0.533. The summed E-state index contributed by atoms with van der Waals surface area (Å²) in [5.41, 5.74) is 1.98. The summed E-state index contributed by atoms with van der Waals surface area (Å²) in [4.78, 5) is 11.1. The van der Waals surface area contributed by atoms with Gasteiger partial charge in [-0.3, -0.25) is 4.79 Å². The lowest BCUT2D eigenvalue weighted by Gasteiger charge is -2.16. The maximum absolute atomic E-state index is 11.1. The van der Waals surface area contributed by atoms with Gasteiger partial charge in [-0.05, 0) is 38.3 Å². The van der Waals surface area contributed by atoms with Crippen LogP contribution in [-0.4, -0.2) is 22.7 Å². The van der Waals surface area contributed by atoms with Crippen molar-refractivity contribution in [1.82, 2.24) is 5.32 Å². The van der Waals surface area contributed by atoms with E-state index < -0.39 is 5.97 Å². The molecule has 1 aliphatic rings. The number of aliphatic carboxylic acids is 1. The number of hydrogen-bond acceptors (Lipinski definition) is 3. The predicted molar refractivity (Wildman–Crippen MR) is 73.0 cm³/mol. The number of carboxylic acid groups (broad SMARTS) is 1. The molecule has 1 aromatic carbocycles. The van der Waals surface area contributed by atoms with Crippen LogP contribution in [-0.2, 0) is 11.3 Å². The van der Waals surface area contributed by atoms with Gasteiger partial charge < -0.3 is 15.5 Å². The molecule has 1 aromatic rings. The summed E-state index contributed by atoms with van der Waals surface area (Å²) in [5.74, 6) is -0.384. The van der Waals surface area contributed by atoms with Crippen LogP contribution in [0.15, 0.2) is 18.2 Å². The molecule has 0 saturated heterocycles. The van der Waals surface area contributed by atoms with Gasteiger partial charge in [-0.1, -0.05) is 24.1 Å². The van der Waals surface area contributed by atoms with Gasteiger partial charge in [0.25, 0.3) is 0 Å². The zero-order valence-electron chi connectivity index (χ0n) is 11.2. The van der Waals surface area contributed by atoms with Crippen LogP contribution in [0.2, 0.25) is 0 Å². The number of aryl methyl sites for hydroxylation is 1. The Morgan fingerprint density at radius 1 is 1.42 bits per heavy atom. The number of carbonyl (C=O) groups is 1. The zero-order chi connectivity index (χ0) is 13.8. The van der Waals surface area contributed by atoms with Gasteiger partial charge in [0.05, 0.1) is 5.92 Å². The van der Waals surface area contributed by atoms with E-state index in [1.165, 1.54) is 0 Å². The smallest absolute Gasteiger partial charge is 0.306 e. The summed E-state index contributed by atoms with van der Waals surface area (Å²) >= 11 is 0. The Labute approximate surface area is 113 Å². The molecule has 0 radical (unpaired) electrons. The number of rotatable bonds is 5. The molecule has 2 unspecified atom stereocenters. The van der Waals surface area contributed by atoms with Gasteiger partial charge in [-0.15, -0.1) is 0 Å². The second-order valence-electron chi connectivity index (χ2n) is 5.40. The Hall–Kier alpha value is -1.55. The molecule has 1 aliphatic carbocycles. The van der Waals surface area contributed by atoms with Crippen LogP contribution in [0.4, 0.5) is 0 Å². The fourth-order valence-corrected chi connectivity index (χ4v) is 2.85. The van der Waals surface area contributed by atoms with Crippen molar-refractivity contribution < 1.29 is 15.0 Å². The van der Waals surface area contributed by atoms with Crippen LogP contribution >= 0.6 is 0 Å². The third-order valence-corrected chi connectivity index (χ3v) is 3.93. The molecule has 2 atom stereocenters. The monoisotopic (exact) mass is 263 g/mol. The third kappa shape index (κ3) is 3.47. The van der Waals surface area contributed by atoms with Gasteiger partial charge in [0.15, 0.2) is 0 Å². The lowest BCUT2D eigenvalue weighted by Crippen LogP contribution is -2.28. The summed E-state index contributed by atoms with van der Waals surface area (Å²) in [7, 11) is 0. The number of aromatic hydroxyl groups is 1. The first-order valence-corrected chi connectivity index (χ1v) is 6.80. The second kappa shape index (κ2) is 6.06. The van der Waals surface area contributed by atoms with Crippen molar-refractivity contribution >= 4 is 5.97 Å². The molecule has 3 N–H and O–H groups in total. The van der Waals surface area contributed by atoms with E-state index in [0.717, 1.165) is 30.4 Å². The number of nitrogens with one attached hydrogen (secondary N) is 1. The average Bonchev–Trinajstić information content (AvgIpc) is 2.82. The van der Waals surface area contributed by atoms with Crippen molar-refractivity contribution in [2.24, 2.45) is 11.8 Å². The average molecular weight is 263 g/mol. The van der Waals surface area contributed by atoms with Gasteiger partial charge in [0.1, 0.15) is 5.75 Å². The Kier molecular flexibility index (Phi) is 4.43. The molecule has 0 aromatic heterocycles. The SMILES string of the molecule is Cc1ccc(O)c(CNCC2CCCC2C(=O)O)c1. The standard InChI is InChI=1S/C15H21NO3/c1-10-5-6-14(17)12(7-10)9-16-8-11-3-2-4-13(11)15(18)19/h5-7,11,13,16-17H,2-4,8-9H2,1H3,(H,18,19). The topological polar surface area (TPSA) is 69.6 Å². The maximum atomic E-state index is 11.1. The highest BCUT2D eigenvalue weighted by atomic mass is 16.4. The normalized spacial score (nSPS) is 22.6. The molecule has 19 heavy (non-hydrogen) atoms. The van der Waals surface area contributed by atoms with Crippen molar-refractivity contribution in [1.29, 1.82) is 0 Å². The highest BCUT2D eigenvalue weighted by molar-refractivity contribution is 5.70. The molecule has 2 rings (SSSR count). The molecule has 0 heterocycles. The molecule has 0 aliphatic heterocycles. The van der Waals surface area contributed by atoms with Gasteiger partial charge in [0.2, 0.25) is 0 Å². The van der Waals surface area contributed by atoms with E-state index in [0.29, 0.717) is 18.8 Å². The minimum absolute atomic E-state index is 0.210. The van der Waals surface area contributed by atoms with E-state index in [1.54, 1.807) is 6.07 Å². The predicted octanol–water partition coefficient (Wildman–Crippen LogP) is 2.29. The molecule has 0 amide bonds. The minimum Gasteiger partial charge on any atom is -0.508 e. The largest absolute Gasteiger partial charge is 0.508 e. The van der Waals surface area contributed by atoms with Crippen molar-refractivity contribution in [2.75, 3.05) is 6.54 Å². The van der Waals surface area contributed by atoms with E-state index >= 15 is 0 Å². The Balaban J connectivity index is 1.86. The molecular weight excluding hydrogens is 242 g/mol. The lowest BCUT2D eigenvalue weighted by molar-refractivity contribution is -0.142. The molecular formula is C15H21NO3. The summed E-state index contributed by atoms with van der Waals surface area (Å²) in [6.07, 6.45) is 2.76. The quantitative estimate of drug-likeness (QED) is 0.762. The van der Waals surface area contributed by atoms with Crippen molar-refractivity contribution in [3.8, 4) is 5.75 Å². The van der Waals surface area contributed by atoms with Gasteiger partial charge in [0, 0.05) is 12.1 Å². The third-order valence-electron chi connectivity index (χ3n) is 3.93. The molecule has 104 valence electrons. The Morgan fingerprint density at radius 3 is 2.95 bits per heavy atom. The summed E-state index contributed by atoms with van der Waals surface area (Å²) in [6.45, 7) is 3.26. The van der Waals surface area contributed by atoms with Crippen molar-refractivity contribution in [3.05, 3.63) is 29.3 Å². The fourth-order valence-electron chi connectivity index (χ4n) is 2.85. The Morgan fingerprint density at radius 2 is 2.21 bits per heavy atom. The molecule has 0 bridgehead atoms. The highest BCUT2D eigenvalue weighted by Gasteiger charge is 2.32. The second-order valence-corrected chi connectivity index (χ2v) is 5.40. The van der Waals surface area contributed by atoms with Gasteiger partial charge >= 0.3 is 5.97 Å². The van der Waals surface area contributed by atoms with Crippen LogP contribution in [0, 0.1) is 18.8 Å². The van der Waals surface area contributed by atoms with E-state index in [4.69, 9.17) is 5.11 Å². The van der Waals surface area contributed by atoms with Crippen LogP contribution in [0.3, 0.4) is 0 Å². The van der Waals surface area contributed by atoms with Crippen LogP contribution in [0.5, 0.6) is 5.75 Å². The van der Waals surface area contributed by atoms with Crippen molar-refractivity contribution in [2.45, 2.75) is 32.7 Å². The summed E-state index contributed by atoms with van der Waals surface area (Å²) in [6, 6.07) is 5.52. The number of carboxylic acids is 1. The summed E-state index contributed by atoms with van der Waals surface area (Å²) < 4.78 is 0. The van der Waals surface area contributed by atoms with E-state index in [1.807, 2.05) is 19.1 Å². The zero-order valence-corrected chi connectivity index (χ0v) is 11.2. The maximum Gasteiger partial charge on any atom is 0.306 e. The van der Waals surface area contributed by atoms with Crippen LogP contribution < -0.4 is 5.32 Å². The first kappa shape index (κ1) is 13.9. The van der Waals surface area contributed by atoms with Crippen LogP contribution in [0.25, 0.3) is 0 Å². The van der Waals surface area contributed by atoms with Gasteiger partial charge in [-0.2, -0.15) is 0 Å². The number of phenolic OH excluding ortho intramolecular Hbond substituents is 1. The lowest BCUT2D eigenvalue weighted by atomic mass is 9.96. The number of phenols is 1. The van der Waals surface area contributed by atoms with E-state index in [2.05, 4.69) is 5.32 Å². The van der Waals surface area contributed by atoms with Crippen LogP contribution in [0.1, 0.15) is 30.4 Å². The van der Waals surface area contributed by atoms with E-state index in [9.17, 15) is 9.90 Å². The Bertz CT molecular complexity index is 459. The molecule has 1 fully saturated rings. The number of hydrogen-bond donors (Lipinski definition) is 3. The molecule has 0 spiro atoms. The molecule has 4 nitrogen and oxygen atoms in total. The van der Waals surface area contributed by atoms with E-state index in [-0.39, 0.29) is 11.8 Å².